The third kappa shape index (κ3) is 6.20. The van der Waals surface area contributed by atoms with Crippen LogP contribution in [0.4, 0.5) is 4.39 Å². The Kier molecular flexibility index (Phi) is 8.53. The molecule has 5 heteroatoms. The summed E-state index contributed by atoms with van der Waals surface area (Å²) in [6.45, 7) is 5.28. The van der Waals surface area contributed by atoms with Gasteiger partial charge >= 0.3 is 5.97 Å². The molecule has 1 aromatic rings. The Morgan fingerprint density at radius 1 is 1.47 bits per heavy atom. The third-order valence-electron chi connectivity index (χ3n) is 2.36. The highest BCUT2D eigenvalue weighted by atomic mass is 19.1. The molecule has 108 valence electrons. The van der Waals surface area contributed by atoms with Gasteiger partial charge in [-0.2, -0.15) is 0 Å². The van der Waals surface area contributed by atoms with Crippen molar-refractivity contribution in [2.75, 3.05) is 13.3 Å². The number of alkyl halides is 1. The summed E-state index contributed by atoms with van der Waals surface area (Å²) in [5, 5.41) is 8.70. The number of carboxylic acids is 1. The molecule has 0 aliphatic carbocycles. The monoisotopic (exact) mass is 271 g/mol. The SMILES string of the molecule is CC.Cc1ccc(C[C@H](N)C(=O)O)cc1OCCF. The number of carbonyl (C=O) groups is 1. The molecule has 3 N–H and O–H groups in total. The van der Waals surface area contributed by atoms with Crippen molar-refractivity contribution >= 4 is 5.97 Å². The molecule has 0 aliphatic rings. The van der Waals surface area contributed by atoms with Crippen LogP contribution in [0.2, 0.25) is 0 Å². The van der Waals surface area contributed by atoms with Gasteiger partial charge in [-0.15, -0.1) is 0 Å². The summed E-state index contributed by atoms with van der Waals surface area (Å²) in [7, 11) is 0. The molecule has 0 spiro atoms. The number of nitrogens with two attached hydrogens (primary N) is 1. The Labute approximate surface area is 113 Å². The Balaban J connectivity index is 0.00000154. The van der Waals surface area contributed by atoms with Crippen molar-refractivity contribution < 1.29 is 19.0 Å². The van der Waals surface area contributed by atoms with Crippen LogP contribution in [0, 0.1) is 6.92 Å². The van der Waals surface area contributed by atoms with E-state index in [9.17, 15) is 9.18 Å². The maximum atomic E-state index is 12.0. The van der Waals surface area contributed by atoms with Gasteiger partial charge in [0, 0.05) is 0 Å². The van der Waals surface area contributed by atoms with E-state index in [1.165, 1.54) is 0 Å². The minimum Gasteiger partial charge on any atom is -0.491 e. The van der Waals surface area contributed by atoms with Gasteiger partial charge in [-0.25, -0.2) is 4.39 Å². The number of halogens is 1. The maximum Gasteiger partial charge on any atom is 0.320 e. The largest absolute Gasteiger partial charge is 0.491 e. The summed E-state index contributed by atoms with van der Waals surface area (Å²) < 4.78 is 17.2. The van der Waals surface area contributed by atoms with E-state index in [4.69, 9.17) is 15.6 Å². The average Bonchev–Trinajstić information content (AvgIpc) is 2.41. The van der Waals surface area contributed by atoms with E-state index >= 15 is 0 Å². The number of hydrogen-bond donors (Lipinski definition) is 2. The van der Waals surface area contributed by atoms with E-state index in [0.29, 0.717) is 5.75 Å². The first-order valence-corrected chi connectivity index (χ1v) is 6.31. The van der Waals surface area contributed by atoms with Crippen LogP contribution in [0.25, 0.3) is 0 Å². The molecule has 1 atom stereocenters. The molecule has 0 heterocycles. The van der Waals surface area contributed by atoms with Gasteiger partial charge in [0.15, 0.2) is 0 Å². The second-order valence-electron chi connectivity index (χ2n) is 3.79. The number of rotatable bonds is 6. The fraction of sp³-hybridized carbons (Fsp3) is 0.500. The number of hydrogen-bond acceptors (Lipinski definition) is 3. The highest BCUT2D eigenvalue weighted by molar-refractivity contribution is 5.73. The molecule has 0 aliphatic heterocycles. The average molecular weight is 271 g/mol. The number of carboxylic acid groups (broad SMARTS) is 1. The van der Waals surface area contributed by atoms with Crippen LogP contribution in [-0.2, 0) is 11.2 Å². The molecule has 0 aromatic heterocycles. The molecule has 0 bridgehead atoms. The van der Waals surface area contributed by atoms with Crippen molar-refractivity contribution in [3.8, 4) is 5.75 Å². The number of aryl methyl sites for hydroxylation is 1. The fourth-order valence-corrected chi connectivity index (χ4v) is 1.42. The van der Waals surface area contributed by atoms with E-state index in [2.05, 4.69) is 0 Å². The lowest BCUT2D eigenvalue weighted by molar-refractivity contribution is -0.138. The lowest BCUT2D eigenvalue weighted by Gasteiger charge is -2.11. The molecule has 0 fully saturated rings. The van der Waals surface area contributed by atoms with Crippen LogP contribution in [-0.4, -0.2) is 30.4 Å². The van der Waals surface area contributed by atoms with Crippen LogP contribution in [0.15, 0.2) is 18.2 Å². The van der Waals surface area contributed by atoms with Gasteiger partial charge in [0.05, 0.1) is 0 Å². The van der Waals surface area contributed by atoms with E-state index in [-0.39, 0.29) is 13.0 Å². The summed E-state index contributed by atoms with van der Waals surface area (Å²) in [5.41, 5.74) is 7.08. The van der Waals surface area contributed by atoms with Gasteiger partial charge in [0.2, 0.25) is 0 Å². The molecule has 0 amide bonds. The quantitative estimate of drug-likeness (QED) is 0.833. The minimum atomic E-state index is -1.04. The highest BCUT2D eigenvalue weighted by Crippen LogP contribution is 2.20. The van der Waals surface area contributed by atoms with E-state index < -0.39 is 18.7 Å². The Morgan fingerprint density at radius 2 is 2.11 bits per heavy atom. The summed E-state index contributed by atoms with van der Waals surface area (Å²) in [6, 6.07) is 4.36. The molecular weight excluding hydrogens is 249 g/mol. The van der Waals surface area contributed by atoms with Crippen LogP contribution in [0.5, 0.6) is 5.75 Å². The van der Waals surface area contributed by atoms with E-state index in [1.54, 1.807) is 18.2 Å². The summed E-state index contributed by atoms with van der Waals surface area (Å²) >= 11 is 0. The van der Waals surface area contributed by atoms with Gasteiger partial charge < -0.3 is 15.6 Å². The van der Waals surface area contributed by atoms with Crippen molar-refractivity contribution in [2.45, 2.75) is 33.2 Å². The number of ether oxygens (including phenoxy) is 1. The third-order valence-corrected chi connectivity index (χ3v) is 2.36. The van der Waals surface area contributed by atoms with Crippen LogP contribution < -0.4 is 10.5 Å². The summed E-state index contributed by atoms with van der Waals surface area (Å²) in [6.07, 6.45) is 0.224. The topological polar surface area (TPSA) is 72.6 Å². The molecule has 0 saturated carbocycles. The lowest BCUT2D eigenvalue weighted by atomic mass is 10.0. The number of benzene rings is 1. The Bertz CT molecular complexity index is 396. The fourth-order valence-electron chi connectivity index (χ4n) is 1.42. The van der Waals surface area contributed by atoms with E-state index in [1.807, 2.05) is 20.8 Å². The van der Waals surface area contributed by atoms with Crippen molar-refractivity contribution in [1.29, 1.82) is 0 Å². The van der Waals surface area contributed by atoms with Gasteiger partial charge in [-0.1, -0.05) is 26.0 Å². The Hall–Kier alpha value is -1.62. The highest BCUT2D eigenvalue weighted by Gasteiger charge is 2.13. The molecular formula is C14H22FNO3. The molecule has 1 aromatic carbocycles. The summed E-state index contributed by atoms with van der Waals surface area (Å²) in [5.74, 6) is -0.477. The smallest absolute Gasteiger partial charge is 0.320 e. The predicted molar refractivity (Wildman–Crippen MR) is 73.3 cm³/mol. The normalized spacial score (nSPS) is 11.2. The van der Waals surface area contributed by atoms with E-state index in [0.717, 1.165) is 11.1 Å². The van der Waals surface area contributed by atoms with Gasteiger partial charge in [-0.3, -0.25) is 4.79 Å². The van der Waals surface area contributed by atoms with Gasteiger partial charge in [0.25, 0.3) is 0 Å². The first-order chi connectivity index (χ1) is 9.04. The minimum absolute atomic E-state index is 0.00469. The van der Waals surface area contributed by atoms with Crippen molar-refractivity contribution in [2.24, 2.45) is 5.73 Å². The zero-order valence-electron chi connectivity index (χ0n) is 11.6. The van der Waals surface area contributed by atoms with Crippen LogP contribution >= 0.6 is 0 Å². The summed E-state index contributed by atoms with van der Waals surface area (Å²) in [4.78, 5) is 10.6. The van der Waals surface area contributed by atoms with Crippen molar-refractivity contribution in [3.05, 3.63) is 29.3 Å². The molecule has 4 nitrogen and oxygen atoms in total. The van der Waals surface area contributed by atoms with Gasteiger partial charge in [-0.05, 0) is 30.5 Å². The molecule has 19 heavy (non-hydrogen) atoms. The lowest BCUT2D eigenvalue weighted by Crippen LogP contribution is -2.32. The zero-order valence-corrected chi connectivity index (χ0v) is 11.6. The zero-order chi connectivity index (χ0) is 14.8. The number of aliphatic carboxylic acids is 1. The molecule has 1 rings (SSSR count). The molecule has 0 radical (unpaired) electrons. The second-order valence-corrected chi connectivity index (χ2v) is 3.79. The standard InChI is InChI=1S/C12H16FNO3.C2H6/c1-8-2-3-9(6-10(14)12(15)16)7-11(8)17-5-4-13;1-2/h2-3,7,10H,4-6,14H2,1H3,(H,15,16);1-2H3/t10-;/m0./s1. The van der Waals surface area contributed by atoms with Crippen LogP contribution in [0.3, 0.4) is 0 Å². The Morgan fingerprint density at radius 3 is 2.63 bits per heavy atom. The predicted octanol–water partition coefficient (Wildman–Crippen LogP) is 2.32. The molecule has 0 saturated heterocycles. The van der Waals surface area contributed by atoms with Gasteiger partial charge in [0.1, 0.15) is 25.1 Å². The molecule has 0 unspecified atom stereocenters. The second kappa shape index (κ2) is 9.33. The van der Waals surface area contributed by atoms with Crippen LogP contribution in [0.1, 0.15) is 25.0 Å². The maximum absolute atomic E-state index is 12.0. The first kappa shape index (κ1) is 17.4. The van der Waals surface area contributed by atoms with Crippen molar-refractivity contribution in [3.63, 3.8) is 0 Å². The van der Waals surface area contributed by atoms with Crippen molar-refractivity contribution in [1.82, 2.24) is 0 Å². The first-order valence-electron chi connectivity index (χ1n) is 6.31.